The number of hydrogen-bond donors (Lipinski definition) is 0. The summed E-state index contributed by atoms with van der Waals surface area (Å²) in [5.41, 5.74) is 2.06. The van der Waals surface area contributed by atoms with E-state index in [-0.39, 0.29) is 17.2 Å². The summed E-state index contributed by atoms with van der Waals surface area (Å²) >= 11 is 0. The summed E-state index contributed by atoms with van der Waals surface area (Å²) in [6.07, 6.45) is 4.28. The predicted octanol–water partition coefficient (Wildman–Crippen LogP) is 7.71. The number of ketones is 1. The Morgan fingerprint density at radius 3 is 1.64 bits per heavy atom. The second-order valence-electron chi connectivity index (χ2n) is 8.35. The molecule has 0 saturated carbocycles. The molecule has 3 nitrogen and oxygen atoms in total. The number of carbonyl (C=O) groups is 1. The molecule has 0 bridgehead atoms. The number of para-hydroxylation sites is 2. The third-order valence-electron chi connectivity index (χ3n) is 6.25. The van der Waals surface area contributed by atoms with Crippen LogP contribution in [0.1, 0.15) is 37.0 Å². The average Bonchev–Trinajstić information content (AvgIpc) is 2.88. The van der Waals surface area contributed by atoms with Gasteiger partial charge >= 0.3 is 0 Å². The van der Waals surface area contributed by atoms with Crippen LogP contribution in [-0.4, -0.2) is 18.9 Å². The van der Waals surface area contributed by atoms with Crippen LogP contribution in [-0.2, 0) is 0 Å². The minimum atomic E-state index is -0.664. The number of carbonyl (C=O) groups excluding carboxylic acids is 1. The lowest BCUT2D eigenvalue weighted by molar-refractivity contribution is 0.103. The first kappa shape index (κ1) is 25.2. The predicted molar refractivity (Wildman–Crippen MR) is 135 cm³/mol. The molecule has 0 saturated heterocycles. The quantitative estimate of drug-likeness (QED) is 0.237. The highest BCUT2D eigenvalue weighted by molar-refractivity contribution is 6.09. The number of rotatable bonds is 8. The Morgan fingerprint density at radius 1 is 0.694 bits per heavy atom. The number of hydrogen-bond acceptors (Lipinski definition) is 3. The summed E-state index contributed by atoms with van der Waals surface area (Å²) in [5.74, 6) is -2.77. The van der Waals surface area contributed by atoms with E-state index in [1.807, 2.05) is 6.92 Å². The molecule has 1 aliphatic rings. The maximum atomic E-state index is 14.3. The molecule has 3 aromatic rings. The van der Waals surface area contributed by atoms with Crippen molar-refractivity contribution in [3.8, 4) is 0 Å². The third-order valence-corrected chi connectivity index (χ3v) is 6.25. The number of halogens is 4. The van der Waals surface area contributed by atoms with E-state index in [0.29, 0.717) is 42.8 Å². The van der Waals surface area contributed by atoms with Gasteiger partial charge in [-0.2, -0.15) is 0 Å². The fourth-order valence-corrected chi connectivity index (χ4v) is 4.49. The molecule has 0 N–H and O–H groups in total. The lowest BCUT2D eigenvalue weighted by Gasteiger charge is -2.28. The molecule has 36 heavy (non-hydrogen) atoms. The summed E-state index contributed by atoms with van der Waals surface area (Å²) in [6, 6.07) is 14.1. The van der Waals surface area contributed by atoms with Crippen molar-refractivity contribution >= 4 is 22.8 Å². The zero-order chi connectivity index (χ0) is 25.8. The van der Waals surface area contributed by atoms with E-state index < -0.39 is 23.3 Å². The van der Waals surface area contributed by atoms with Crippen molar-refractivity contribution in [1.82, 2.24) is 0 Å². The summed E-state index contributed by atoms with van der Waals surface area (Å²) in [4.78, 5) is 16.2. The number of benzene rings is 3. The largest absolute Gasteiger partial charge is 0.341 e. The van der Waals surface area contributed by atoms with Gasteiger partial charge in [0.2, 0.25) is 0 Å². The van der Waals surface area contributed by atoms with Gasteiger partial charge in [-0.25, -0.2) is 17.6 Å². The molecule has 0 amide bonds. The minimum absolute atomic E-state index is 0.100. The van der Waals surface area contributed by atoms with Crippen LogP contribution in [0.3, 0.4) is 0 Å². The van der Waals surface area contributed by atoms with Gasteiger partial charge in [-0.15, -0.1) is 0 Å². The molecule has 0 radical (unpaired) electrons. The molecule has 7 heteroatoms. The Balaban J connectivity index is 1.55. The standard InChI is InChI=1S/C29H26F4N2O/c1-3-34(27-23(30)7-5-8-24(27)31)21-15-11-19(12-16-21)29(36)20-13-17-22(18-14-20)35(4-2)28-25(32)9-6-10-26(28)33/h5-13,15-17H,3-4,14,18H2,1-2H3. The van der Waals surface area contributed by atoms with Gasteiger partial charge in [0, 0.05) is 35.6 Å². The first-order valence-electron chi connectivity index (χ1n) is 11.8. The van der Waals surface area contributed by atoms with E-state index in [0.717, 1.165) is 5.70 Å². The topological polar surface area (TPSA) is 23.6 Å². The van der Waals surface area contributed by atoms with E-state index in [4.69, 9.17) is 0 Å². The number of nitrogens with zero attached hydrogens (tertiary/aromatic N) is 2. The first-order valence-corrected chi connectivity index (χ1v) is 11.8. The first-order chi connectivity index (χ1) is 17.3. The van der Waals surface area contributed by atoms with Crippen molar-refractivity contribution < 1.29 is 22.4 Å². The lowest BCUT2D eigenvalue weighted by Crippen LogP contribution is -2.25. The van der Waals surface area contributed by atoms with E-state index in [1.165, 1.54) is 41.3 Å². The second kappa shape index (κ2) is 10.8. The summed E-state index contributed by atoms with van der Waals surface area (Å²) in [5, 5.41) is 0. The number of Topliss-reactive ketones (excluding diaryl/α,β-unsaturated/α-hetero) is 1. The molecule has 0 aliphatic heterocycles. The maximum absolute atomic E-state index is 14.3. The van der Waals surface area contributed by atoms with E-state index in [1.54, 1.807) is 48.2 Å². The second-order valence-corrected chi connectivity index (χ2v) is 8.35. The highest BCUT2D eigenvalue weighted by Gasteiger charge is 2.23. The van der Waals surface area contributed by atoms with Crippen molar-refractivity contribution in [1.29, 1.82) is 0 Å². The van der Waals surface area contributed by atoms with Gasteiger partial charge in [-0.1, -0.05) is 18.2 Å². The molecule has 1 aliphatic carbocycles. The van der Waals surface area contributed by atoms with Crippen molar-refractivity contribution in [2.24, 2.45) is 0 Å². The average molecular weight is 495 g/mol. The van der Waals surface area contributed by atoms with Crippen molar-refractivity contribution in [2.75, 3.05) is 22.9 Å². The van der Waals surface area contributed by atoms with Gasteiger partial charge in [-0.05, 0) is 81.3 Å². The molecule has 0 heterocycles. The Labute approximate surface area is 208 Å². The number of allylic oxidation sites excluding steroid dienone is 4. The van der Waals surface area contributed by atoms with Gasteiger partial charge < -0.3 is 9.80 Å². The molecule has 0 spiro atoms. The van der Waals surface area contributed by atoms with Gasteiger partial charge in [0.1, 0.15) is 34.6 Å². The molecule has 0 unspecified atom stereocenters. The highest BCUT2D eigenvalue weighted by Crippen LogP contribution is 2.33. The van der Waals surface area contributed by atoms with Crippen LogP contribution in [0.2, 0.25) is 0 Å². The van der Waals surface area contributed by atoms with Crippen LogP contribution in [0.25, 0.3) is 0 Å². The molecule has 3 aromatic carbocycles. The Kier molecular flexibility index (Phi) is 7.58. The van der Waals surface area contributed by atoms with Crippen molar-refractivity contribution in [2.45, 2.75) is 26.7 Å². The zero-order valence-electron chi connectivity index (χ0n) is 20.1. The van der Waals surface area contributed by atoms with Gasteiger partial charge in [-0.3, -0.25) is 4.79 Å². The SMILES string of the molecule is CCN(C1=CC=C(C(=O)c2ccc(N(CC)c3c(F)cccc3F)cc2)CC1)c1c(F)cccc1F. The molecular weight excluding hydrogens is 468 g/mol. The summed E-state index contributed by atoms with van der Waals surface area (Å²) < 4.78 is 57.2. The minimum Gasteiger partial charge on any atom is -0.341 e. The Hall–Kier alpha value is -3.87. The van der Waals surface area contributed by atoms with Crippen LogP contribution in [0.4, 0.5) is 34.6 Å². The fourth-order valence-electron chi connectivity index (χ4n) is 4.49. The van der Waals surface area contributed by atoms with Crippen LogP contribution in [0.5, 0.6) is 0 Å². The van der Waals surface area contributed by atoms with E-state index in [9.17, 15) is 22.4 Å². The van der Waals surface area contributed by atoms with Gasteiger partial charge in [0.15, 0.2) is 5.78 Å². The van der Waals surface area contributed by atoms with Crippen molar-refractivity contribution in [3.05, 3.63) is 113 Å². The number of anilines is 3. The van der Waals surface area contributed by atoms with E-state index in [2.05, 4.69) is 0 Å². The molecule has 0 fully saturated rings. The molecule has 186 valence electrons. The molecule has 0 atom stereocenters. The molecule has 0 aromatic heterocycles. The van der Waals surface area contributed by atoms with Gasteiger partial charge in [0.25, 0.3) is 0 Å². The third kappa shape index (κ3) is 4.91. The van der Waals surface area contributed by atoms with Crippen molar-refractivity contribution in [3.63, 3.8) is 0 Å². The lowest BCUT2D eigenvalue weighted by atomic mass is 9.94. The normalized spacial score (nSPS) is 13.2. The van der Waals surface area contributed by atoms with E-state index >= 15 is 0 Å². The Bertz CT molecular complexity index is 1290. The summed E-state index contributed by atoms with van der Waals surface area (Å²) in [6.45, 7) is 4.30. The highest BCUT2D eigenvalue weighted by atomic mass is 19.1. The fraction of sp³-hybridized carbons (Fsp3) is 0.207. The monoisotopic (exact) mass is 494 g/mol. The smallest absolute Gasteiger partial charge is 0.189 e. The summed E-state index contributed by atoms with van der Waals surface area (Å²) in [7, 11) is 0. The van der Waals surface area contributed by atoms with Crippen LogP contribution >= 0.6 is 0 Å². The zero-order valence-corrected chi connectivity index (χ0v) is 20.1. The van der Waals surface area contributed by atoms with Crippen LogP contribution < -0.4 is 9.80 Å². The van der Waals surface area contributed by atoms with Crippen LogP contribution in [0.15, 0.2) is 84.1 Å². The molecular formula is C29H26F4N2O. The maximum Gasteiger partial charge on any atom is 0.189 e. The molecule has 4 rings (SSSR count). The Morgan fingerprint density at radius 2 is 1.19 bits per heavy atom. The van der Waals surface area contributed by atoms with Gasteiger partial charge in [0.05, 0.1) is 0 Å². The van der Waals surface area contributed by atoms with Crippen LogP contribution in [0, 0.1) is 23.3 Å².